The first-order valence-corrected chi connectivity index (χ1v) is 3.47. The van der Waals surface area contributed by atoms with Gasteiger partial charge in [0.05, 0.1) is 0 Å². The summed E-state index contributed by atoms with van der Waals surface area (Å²) in [5.41, 5.74) is 0. The van der Waals surface area contributed by atoms with Crippen LogP contribution >= 0.6 is 0 Å². The van der Waals surface area contributed by atoms with Gasteiger partial charge in [0, 0.05) is 36.9 Å². The molecule has 0 aromatic rings. The molecule has 0 aliphatic rings. The van der Waals surface area contributed by atoms with E-state index in [-0.39, 0.29) is 36.9 Å². The second-order valence-electron chi connectivity index (χ2n) is 2.55. The molecule has 0 bridgehead atoms. The Morgan fingerprint density at radius 1 is 0.733 bits per heavy atom. The molecule has 9 heteroatoms. The van der Waals surface area contributed by atoms with Crippen LogP contribution in [0.5, 0.6) is 0 Å². The summed E-state index contributed by atoms with van der Waals surface area (Å²) >= 11 is 0. The van der Waals surface area contributed by atoms with Crippen LogP contribution in [0.15, 0.2) is 0 Å². The molecular weight excluding hydrogens is 375 g/mol. The van der Waals surface area contributed by atoms with E-state index in [1.54, 1.807) is 0 Å². The van der Waals surface area contributed by atoms with Crippen LogP contribution in [-0.2, 0) is 9.59 Å². The van der Waals surface area contributed by atoms with E-state index in [4.69, 9.17) is 30.6 Å². The average Bonchev–Trinajstić information content (AvgIpc) is 2.12. The summed E-state index contributed by atoms with van der Waals surface area (Å²) in [6, 6.07) is 0. The van der Waals surface area contributed by atoms with Gasteiger partial charge >= 0.3 is 11.9 Å². The second-order valence-corrected chi connectivity index (χ2v) is 2.55. The fourth-order valence-electron chi connectivity index (χ4n) is 0.666. The van der Waals surface area contributed by atoms with Crippen LogP contribution in [0.1, 0.15) is 0 Å². The van der Waals surface area contributed by atoms with Gasteiger partial charge in [-0.25, -0.2) is 9.59 Å². The first-order valence-electron chi connectivity index (χ1n) is 3.47. The molecule has 0 heterocycles. The molecule has 4 atom stereocenters. The summed E-state index contributed by atoms with van der Waals surface area (Å²) in [5.74, 6) is -3.68. The molecule has 8 nitrogen and oxygen atoms in total. The number of carboxylic acid groups (broad SMARTS) is 2. The number of aliphatic carboxylic acids is 2. The Kier molecular flexibility index (Phi) is 8.49. The van der Waals surface area contributed by atoms with Crippen LogP contribution < -0.4 is 0 Å². The molecule has 1 radical (unpaired) electrons. The molecule has 4 unspecified atom stereocenters. The van der Waals surface area contributed by atoms with Crippen molar-refractivity contribution in [1.29, 1.82) is 0 Å². The molecule has 6 N–H and O–H groups in total. The molecule has 0 spiro atoms. The zero-order chi connectivity index (χ0) is 11.5. The minimum atomic E-state index is -2.36. The van der Waals surface area contributed by atoms with E-state index in [0.717, 1.165) is 0 Å². The predicted molar refractivity (Wildman–Crippen MR) is 39.3 cm³/mol. The molecule has 0 saturated heterocycles. The van der Waals surface area contributed by atoms with Crippen molar-refractivity contribution in [1.82, 2.24) is 0 Å². The molecule has 0 aromatic heterocycles. The third-order valence-corrected chi connectivity index (χ3v) is 1.50. The van der Waals surface area contributed by atoms with Crippen LogP contribution in [0.4, 0.5) is 0 Å². The van der Waals surface area contributed by atoms with Crippen molar-refractivity contribution in [2.75, 3.05) is 0 Å². The summed E-state index contributed by atoms with van der Waals surface area (Å²) < 4.78 is 0. The van der Waals surface area contributed by atoms with E-state index in [1.165, 1.54) is 0 Å². The third kappa shape index (κ3) is 5.05. The number of rotatable bonds is 5. The number of hydrogen-bond donors (Lipinski definition) is 6. The van der Waals surface area contributed by atoms with Crippen molar-refractivity contribution < 1.29 is 77.1 Å². The largest absolute Gasteiger partial charge is 0.479 e. The van der Waals surface area contributed by atoms with Gasteiger partial charge in [-0.05, 0) is 0 Å². The van der Waals surface area contributed by atoms with Crippen LogP contribution in [0.25, 0.3) is 0 Å². The molecule has 97 valence electrons. The molecule has 0 saturated carbocycles. The molecular formula is C6H10LuO8. The second kappa shape index (κ2) is 7.31. The summed E-state index contributed by atoms with van der Waals surface area (Å²) in [7, 11) is 0. The zero-order valence-corrected chi connectivity index (χ0v) is 8.72. The fraction of sp³-hybridized carbons (Fsp3) is 0.667. The smallest absolute Gasteiger partial charge is 0.335 e. The Bertz CT molecular complexity index is 207. The van der Waals surface area contributed by atoms with Crippen molar-refractivity contribution >= 4 is 11.9 Å². The topological polar surface area (TPSA) is 156 Å². The number of hydrogen-bond acceptors (Lipinski definition) is 6. The summed E-state index contributed by atoms with van der Waals surface area (Å²) in [5, 5.41) is 51.5. The Labute approximate surface area is 113 Å². The van der Waals surface area contributed by atoms with E-state index < -0.39 is 36.4 Å². The molecule has 15 heavy (non-hydrogen) atoms. The Morgan fingerprint density at radius 2 is 0.933 bits per heavy atom. The molecule has 0 rings (SSSR count). The molecule has 0 aliphatic carbocycles. The van der Waals surface area contributed by atoms with Crippen molar-refractivity contribution in [2.24, 2.45) is 0 Å². The van der Waals surface area contributed by atoms with Gasteiger partial charge in [-0.2, -0.15) is 0 Å². The third-order valence-electron chi connectivity index (χ3n) is 1.50. The van der Waals surface area contributed by atoms with Gasteiger partial charge < -0.3 is 30.6 Å². The van der Waals surface area contributed by atoms with E-state index in [0.29, 0.717) is 0 Å². The maximum Gasteiger partial charge on any atom is 0.335 e. The van der Waals surface area contributed by atoms with Crippen LogP contribution in [-0.4, -0.2) is 67.0 Å². The maximum absolute atomic E-state index is 10.1. The van der Waals surface area contributed by atoms with Gasteiger partial charge in [0.1, 0.15) is 12.2 Å². The fourth-order valence-corrected chi connectivity index (χ4v) is 0.666. The van der Waals surface area contributed by atoms with Gasteiger partial charge in [0.25, 0.3) is 0 Å². The number of aliphatic hydroxyl groups is 4. The summed E-state index contributed by atoms with van der Waals surface area (Å²) in [6.07, 6.45) is -9.28. The minimum absolute atomic E-state index is 0. The Balaban J connectivity index is 0. The molecule has 0 aromatic carbocycles. The van der Waals surface area contributed by atoms with E-state index in [2.05, 4.69) is 0 Å². The van der Waals surface area contributed by atoms with E-state index in [1.807, 2.05) is 0 Å². The van der Waals surface area contributed by atoms with Gasteiger partial charge in [0.2, 0.25) is 0 Å². The minimum Gasteiger partial charge on any atom is -0.479 e. The first kappa shape index (κ1) is 17.4. The quantitative estimate of drug-likeness (QED) is 0.286. The summed E-state index contributed by atoms with van der Waals surface area (Å²) in [6.45, 7) is 0. The number of carbonyl (C=O) groups is 2. The zero-order valence-electron chi connectivity index (χ0n) is 7.07. The average molecular weight is 385 g/mol. The molecule has 0 aliphatic heterocycles. The van der Waals surface area contributed by atoms with Crippen LogP contribution in [0.3, 0.4) is 0 Å². The molecule has 0 amide bonds. The van der Waals surface area contributed by atoms with Crippen molar-refractivity contribution in [2.45, 2.75) is 24.4 Å². The van der Waals surface area contributed by atoms with Gasteiger partial charge in [0.15, 0.2) is 12.2 Å². The van der Waals surface area contributed by atoms with E-state index in [9.17, 15) is 9.59 Å². The van der Waals surface area contributed by atoms with E-state index >= 15 is 0 Å². The van der Waals surface area contributed by atoms with Crippen LogP contribution in [0, 0.1) is 36.9 Å². The standard InChI is InChI=1S/C6H10O8.Lu/c7-1(3(9)5(11)12)2(8)4(10)6(13)14;/h1-4,7-10H,(H,11,12)(H,13,14);. The van der Waals surface area contributed by atoms with Crippen molar-refractivity contribution in [3.05, 3.63) is 0 Å². The summed E-state index contributed by atoms with van der Waals surface area (Å²) in [4.78, 5) is 20.2. The SMILES string of the molecule is O=C(O)C(O)C(O)C(O)C(O)C(=O)O.[Lu]. The number of carboxylic acids is 2. The van der Waals surface area contributed by atoms with Gasteiger partial charge in [-0.15, -0.1) is 0 Å². The van der Waals surface area contributed by atoms with Gasteiger partial charge in [-0.1, -0.05) is 0 Å². The Morgan fingerprint density at radius 3 is 1.07 bits per heavy atom. The normalized spacial score (nSPS) is 18.1. The number of aliphatic hydroxyl groups excluding tert-OH is 4. The van der Waals surface area contributed by atoms with Crippen molar-refractivity contribution in [3.8, 4) is 0 Å². The Hall–Kier alpha value is 0.0138. The predicted octanol–water partition coefficient (Wildman–Crippen LogP) is -3.40. The van der Waals surface area contributed by atoms with Crippen LogP contribution in [0.2, 0.25) is 0 Å². The van der Waals surface area contributed by atoms with Gasteiger partial charge in [-0.3, -0.25) is 0 Å². The van der Waals surface area contributed by atoms with Crippen molar-refractivity contribution in [3.63, 3.8) is 0 Å². The first-order chi connectivity index (χ1) is 6.29. The molecule has 0 fully saturated rings. The maximum atomic E-state index is 10.1. The monoisotopic (exact) mass is 385 g/mol.